The number of rotatable bonds is 3. The Morgan fingerprint density at radius 1 is 1.14 bits per heavy atom. The zero-order valence-corrected chi connectivity index (χ0v) is 13.7. The van der Waals surface area contributed by atoms with Crippen LogP contribution in [0.3, 0.4) is 0 Å². The molecule has 2 N–H and O–H groups in total. The number of ether oxygens (including phenoxy) is 1. The summed E-state index contributed by atoms with van der Waals surface area (Å²) in [5.74, 6) is -0.344. The van der Waals surface area contributed by atoms with Crippen molar-refractivity contribution in [2.24, 2.45) is 5.73 Å². The average molecular weight is 377 g/mol. The van der Waals surface area contributed by atoms with Crippen LogP contribution in [0.25, 0.3) is 0 Å². The lowest BCUT2D eigenvalue weighted by Gasteiger charge is -2.16. The first-order valence-electron chi connectivity index (χ1n) is 6.17. The van der Waals surface area contributed by atoms with Gasteiger partial charge in [-0.15, -0.1) is 0 Å². The second kappa shape index (κ2) is 6.30. The smallest absolute Gasteiger partial charge is 0.145 e. The molecule has 1 atom stereocenters. The summed E-state index contributed by atoms with van der Waals surface area (Å²) >= 11 is 8.94. The van der Waals surface area contributed by atoms with Crippen molar-refractivity contribution in [3.63, 3.8) is 0 Å². The standard InChI is InChI=1S/C15H13BrClF2NO/c1-7-3-14(9(8(2)20)4-12(7)18)21-15-6-13(19)11(17)5-10(15)16/h3-6,8H,20H2,1-2H3/t8-/m1/s1. The Morgan fingerprint density at radius 3 is 2.43 bits per heavy atom. The maximum absolute atomic E-state index is 13.7. The van der Waals surface area contributed by atoms with Crippen molar-refractivity contribution in [3.8, 4) is 11.5 Å². The minimum Gasteiger partial charge on any atom is -0.456 e. The van der Waals surface area contributed by atoms with Crippen LogP contribution in [0.2, 0.25) is 5.02 Å². The Kier molecular flexibility index (Phi) is 4.86. The topological polar surface area (TPSA) is 35.2 Å². The highest BCUT2D eigenvalue weighted by atomic mass is 79.9. The van der Waals surface area contributed by atoms with Crippen molar-refractivity contribution in [1.82, 2.24) is 0 Å². The quantitative estimate of drug-likeness (QED) is 0.718. The first-order valence-corrected chi connectivity index (χ1v) is 7.34. The van der Waals surface area contributed by atoms with Crippen LogP contribution in [0.1, 0.15) is 24.1 Å². The maximum atomic E-state index is 13.7. The molecule has 6 heteroatoms. The third-order valence-corrected chi connectivity index (χ3v) is 3.89. The van der Waals surface area contributed by atoms with E-state index in [2.05, 4.69) is 15.9 Å². The largest absolute Gasteiger partial charge is 0.456 e. The molecule has 2 nitrogen and oxygen atoms in total. The second-order valence-electron chi connectivity index (χ2n) is 4.73. The molecular weight excluding hydrogens is 364 g/mol. The number of nitrogens with two attached hydrogens (primary N) is 1. The minimum atomic E-state index is -0.601. The van der Waals surface area contributed by atoms with Gasteiger partial charge in [0, 0.05) is 17.7 Å². The van der Waals surface area contributed by atoms with Crippen LogP contribution in [0.4, 0.5) is 8.78 Å². The van der Waals surface area contributed by atoms with Gasteiger partial charge in [-0.25, -0.2) is 8.78 Å². The van der Waals surface area contributed by atoms with Gasteiger partial charge in [0.1, 0.15) is 23.1 Å². The molecule has 2 aromatic rings. The lowest BCUT2D eigenvalue weighted by molar-refractivity contribution is 0.460. The van der Waals surface area contributed by atoms with Crippen molar-refractivity contribution < 1.29 is 13.5 Å². The summed E-state index contributed by atoms with van der Waals surface area (Å²) in [5, 5.41) is -0.0167. The highest BCUT2D eigenvalue weighted by Gasteiger charge is 2.15. The van der Waals surface area contributed by atoms with Gasteiger partial charge >= 0.3 is 0 Å². The predicted molar refractivity (Wildman–Crippen MR) is 82.9 cm³/mol. The van der Waals surface area contributed by atoms with E-state index < -0.39 is 11.9 Å². The Balaban J connectivity index is 2.48. The third kappa shape index (κ3) is 3.54. The van der Waals surface area contributed by atoms with E-state index in [9.17, 15) is 8.78 Å². The molecule has 0 aliphatic carbocycles. The van der Waals surface area contributed by atoms with Crippen LogP contribution in [-0.2, 0) is 0 Å². The molecule has 112 valence electrons. The molecule has 0 aliphatic rings. The number of halogens is 4. The molecule has 0 saturated carbocycles. The molecule has 0 aliphatic heterocycles. The van der Waals surface area contributed by atoms with Gasteiger partial charge < -0.3 is 10.5 Å². The Labute approximate surface area is 135 Å². The van der Waals surface area contributed by atoms with Crippen molar-refractivity contribution in [1.29, 1.82) is 0 Å². The molecule has 0 fully saturated rings. The van der Waals surface area contributed by atoms with Crippen molar-refractivity contribution >= 4 is 27.5 Å². The summed E-state index contributed by atoms with van der Waals surface area (Å²) in [6.45, 7) is 3.33. The first-order chi connectivity index (χ1) is 9.79. The van der Waals surface area contributed by atoms with E-state index in [-0.39, 0.29) is 16.6 Å². The van der Waals surface area contributed by atoms with Gasteiger partial charge in [-0.3, -0.25) is 0 Å². The van der Waals surface area contributed by atoms with Crippen LogP contribution in [0.15, 0.2) is 28.7 Å². The fraction of sp³-hybridized carbons (Fsp3) is 0.200. The molecule has 0 bridgehead atoms. The van der Waals surface area contributed by atoms with E-state index in [0.29, 0.717) is 21.3 Å². The zero-order chi connectivity index (χ0) is 15.7. The molecular formula is C15H13BrClF2NO. The molecule has 0 saturated heterocycles. The molecule has 2 aromatic carbocycles. The molecule has 0 radical (unpaired) electrons. The molecule has 2 rings (SSSR count). The third-order valence-electron chi connectivity index (χ3n) is 2.98. The SMILES string of the molecule is Cc1cc(Oc2cc(F)c(Cl)cc2Br)c([C@@H](C)N)cc1F. The van der Waals surface area contributed by atoms with Gasteiger partial charge in [-0.05, 0) is 53.5 Å². The van der Waals surface area contributed by atoms with E-state index in [1.165, 1.54) is 18.2 Å². The maximum Gasteiger partial charge on any atom is 0.145 e. The zero-order valence-electron chi connectivity index (χ0n) is 11.4. The van der Waals surface area contributed by atoms with Crippen LogP contribution in [0.5, 0.6) is 11.5 Å². The molecule has 0 amide bonds. The van der Waals surface area contributed by atoms with Crippen LogP contribution < -0.4 is 10.5 Å². The normalized spacial score (nSPS) is 12.3. The summed E-state index contributed by atoms with van der Waals surface area (Å²) in [4.78, 5) is 0. The number of benzene rings is 2. The van der Waals surface area contributed by atoms with Gasteiger partial charge in [0.2, 0.25) is 0 Å². The Bertz CT molecular complexity index is 692. The van der Waals surface area contributed by atoms with E-state index in [1.807, 2.05) is 0 Å². The number of aryl methyl sites for hydroxylation is 1. The van der Waals surface area contributed by atoms with E-state index >= 15 is 0 Å². The highest BCUT2D eigenvalue weighted by molar-refractivity contribution is 9.10. The summed E-state index contributed by atoms with van der Waals surface area (Å²) in [6.07, 6.45) is 0. The van der Waals surface area contributed by atoms with E-state index in [0.717, 1.165) is 6.07 Å². The second-order valence-corrected chi connectivity index (χ2v) is 5.99. The number of hydrogen-bond donors (Lipinski definition) is 1. The highest BCUT2D eigenvalue weighted by Crippen LogP contribution is 2.37. The fourth-order valence-corrected chi connectivity index (χ4v) is 2.54. The van der Waals surface area contributed by atoms with Gasteiger partial charge in [0.05, 0.1) is 9.50 Å². The molecule has 21 heavy (non-hydrogen) atoms. The summed E-state index contributed by atoms with van der Waals surface area (Å²) < 4.78 is 33.4. The van der Waals surface area contributed by atoms with Crippen LogP contribution in [-0.4, -0.2) is 0 Å². The summed E-state index contributed by atoms with van der Waals surface area (Å²) in [7, 11) is 0. The van der Waals surface area contributed by atoms with Gasteiger partial charge in [-0.2, -0.15) is 0 Å². The minimum absolute atomic E-state index is 0.0167. The van der Waals surface area contributed by atoms with Crippen molar-refractivity contribution in [2.45, 2.75) is 19.9 Å². The fourth-order valence-electron chi connectivity index (χ4n) is 1.82. The predicted octanol–water partition coefficient (Wildman–Crippen LogP) is 5.50. The van der Waals surface area contributed by atoms with Gasteiger partial charge in [-0.1, -0.05) is 11.6 Å². The van der Waals surface area contributed by atoms with Crippen molar-refractivity contribution in [2.75, 3.05) is 0 Å². The first kappa shape index (κ1) is 16.2. The van der Waals surface area contributed by atoms with Gasteiger partial charge in [0.25, 0.3) is 0 Å². The number of hydrogen-bond acceptors (Lipinski definition) is 2. The summed E-state index contributed by atoms with van der Waals surface area (Å²) in [6, 6.07) is 5.00. The molecule has 0 aromatic heterocycles. The monoisotopic (exact) mass is 375 g/mol. The average Bonchev–Trinajstić information content (AvgIpc) is 2.39. The lowest BCUT2D eigenvalue weighted by atomic mass is 10.1. The van der Waals surface area contributed by atoms with Gasteiger partial charge in [0.15, 0.2) is 0 Å². The molecule has 0 spiro atoms. The van der Waals surface area contributed by atoms with E-state index in [4.69, 9.17) is 22.1 Å². The van der Waals surface area contributed by atoms with E-state index in [1.54, 1.807) is 13.8 Å². The van der Waals surface area contributed by atoms with Crippen LogP contribution >= 0.6 is 27.5 Å². The summed E-state index contributed by atoms with van der Waals surface area (Å²) in [5.41, 5.74) is 6.74. The van der Waals surface area contributed by atoms with Crippen LogP contribution in [0, 0.1) is 18.6 Å². The molecule has 0 unspecified atom stereocenters. The van der Waals surface area contributed by atoms with Crippen molar-refractivity contribution in [3.05, 3.63) is 56.5 Å². The lowest BCUT2D eigenvalue weighted by Crippen LogP contribution is -2.08. The Morgan fingerprint density at radius 2 is 1.81 bits per heavy atom. The Hall–Kier alpha value is -1.17. The molecule has 0 heterocycles.